The van der Waals surface area contributed by atoms with Crippen LogP contribution in [-0.2, 0) is 6.42 Å². The summed E-state index contributed by atoms with van der Waals surface area (Å²) in [6.07, 6.45) is 6.02. The predicted molar refractivity (Wildman–Crippen MR) is 74.6 cm³/mol. The van der Waals surface area contributed by atoms with Crippen LogP contribution in [0, 0.1) is 19.3 Å². The predicted octanol–water partition coefficient (Wildman–Crippen LogP) is 3.62. The Morgan fingerprint density at radius 2 is 1.72 bits per heavy atom. The lowest BCUT2D eigenvalue weighted by molar-refractivity contribution is 0.259. The highest BCUT2D eigenvalue weighted by Gasteiger charge is 2.07. The Morgan fingerprint density at radius 1 is 1.06 bits per heavy atom. The van der Waals surface area contributed by atoms with Crippen LogP contribution in [0.4, 0.5) is 0 Å². The fourth-order valence-electron chi connectivity index (χ4n) is 1.74. The van der Waals surface area contributed by atoms with Crippen LogP contribution in [0.1, 0.15) is 11.1 Å². The molecule has 0 spiro atoms. The highest BCUT2D eigenvalue weighted by atomic mass is 16.5. The van der Waals surface area contributed by atoms with E-state index in [0.717, 1.165) is 12.2 Å². The van der Waals surface area contributed by atoms with Crippen molar-refractivity contribution < 1.29 is 4.74 Å². The summed E-state index contributed by atoms with van der Waals surface area (Å²) in [5, 5.41) is 0. The molecule has 0 amide bonds. The van der Waals surface area contributed by atoms with Gasteiger partial charge in [0.15, 0.2) is 6.10 Å². The number of aryl methyl sites for hydroxylation is 1. The molecule has 0 radical (unpaired) electrons. The van der Waals surface area contributed by atoms with Crippen LogP contribution in [-0.4, -0.2) is 6.10 Å². The zero-order chi connectivity index (χ0) is 12.8. The molecule has 0 saturated carbocycles. The van der Waals surface area contributed by atoms with E-state index in [4.69, 9.17) is 11.2 Å². The van der Waals surface area contributed by atoms with E-state index in [-0.39, 0.29) is 6.10 Å². The normalized spacial score (nSPS) is 11.6. The molecule has 2 aromatic carbocycles. The Bertz CT molecular complexity index is 520. The van der Waals surface area contributed by atoms with E-state index < -0.39 is 0 Å². The molecule has 0 aliphatic heterocycles. The van der Waals surface area contributed by atoms with Gasteiger partial charge in [0, 0.05) is 6.42 Å². The fraction of sp³-hybridized carbons (Fsp3) is 0.176. The molecular formula is C17H16O. The first kappa shape index (κ1) is 12.3. The molecule has 0 aromatic heterocycles. The summed E-state index contributed by atoms with van der Waals surface area (Å²) in [5.41, 5.74) is 2.40. The Morgan fingerprint density at radius 3 is 2.33 bits per heavy atom. The lowest BCUT2D eigenvalue weighted by Gasteiger charge is -2.14. The number of hydrogen-bond acceptors (Lipinski definition) is 1. The second-order valence-corrected chi connectivity index (χ2v) is 4.28. The monoisotopic (exact) mass is 236 g/mol. The van der Waals surface area contributed by atoms with E-state index in [0.29, 0.717) is 0 Å². The minimum atomic E-state index is -0.227. The Kier molecular flexibility index (Phi) is 4.04. The maximum atomic E-state index is 5.79. The van der Waals surface area contributed by atoms with Gasteiger partial charge < -0.3 is 4.74 Å². The van der Waals surface area contributed by atoms with E-state index in [1.165, 1.54) is 11.1 Å². The largest absolute Gasteiger partial charge is 0.477 e. The molecule has 2 rings (SSSR count). The maximum Gasteiger partial charge on any atom is 0.162 e. The average Bonchev–Trinajstić information content (AvgIpc) is 2.41. The summed E-state index contributed by atoms with van der Waals surface area (Å²) in [4.78, 5) is 0. The van der Waals surface area contributed by atoms with Gasteiger partial charge in [-0.15, -0.1) is 6.42 Å². The molecule has 0 saturated heterocycles. The first-order valence-corrected chi connectivity index (χ1v) is 6.01. The molecule has 0 N–H and O–H groups in total. The van der Waals surface area contributed by atoms with Gasteiger partial charge in [-0.2, -0.15) is 0 Å². The van der Waals surface area contributed by atoms with Crippen LogP contribution in [0.5, 0.6) is 5.75 Å². The van der Waals surface area contributed by atoms with Crippen molar-refractivity contribution in [1.29, 1.82) is 0 Å². The molecular weight excluding hydrogens is 220 g/mol. The number of ether oxygens (including phenoxy) is 1. The molecule has 0 fully saturated rings. The van der Waals surface area contributed by atoms with Crippen molar-refractivity contribution in [2.24, 2.45) is 0 Å². The second-order valence-electron chi connectivity index (χ2n) is 4.28. The van der Waals surface area contributed by atoms with Gasteiger partial charge in [-0.1, -0.05) is 53.9 Å². The van der Waals surface area contributed by atoms with E-state index in [1.54, 1.807) is 0 Å². The molecule has 90 valence electrons. The Hall–Kier alpha value is -2.20. The first-order valence-electron chi connectivity index (χ1n) is 6.01. The van der Waals surface area contributed by atoms with Gasteiger partial charge >= 0.3 is 0 Å². The number of hydrogen-bond donors (Lipinski definition) is 0. The first-order chi connectivity index (χ1) is 8.78. The Labute approximate surface area is 108 Å². The lowest BCUT2D eigenvalue weighted by atomic mass is 10.1. The molecule has 0 aliphatic carbocycles. The van der Waals surface area contributed by atoms with E-state index in [2.05, 4.69) is 18.1 Å². The van der Waals surface area contributed by atoms with Crippen LogP contribution >= 0.6 is 0 Å². The molecule has 2 aromatic rings. The SMILES string of the molecule is C#CC(Cc1ccccc1)Oc1ccc(C)cc1. The van der Waals surface area contributed by atoms with E-state index >= 15 is 0 Å². The third kappa shape index (κ3) is 3.40. The van der Waals surface area contributed by atoms with Gasteiger partial charge in [-0.25, -0.2) is 0 Å². The summed E-state index contributed by atoms with van der Waals surface area (Å²) in [7, 11) is 0. The summed E-state index contributed by atoms with van der Waals surface area (Å²) in [6.45, 7) is 2.05. The van der Waals surface area contributed by atoms with Crippen molar-refractivity contribution in [3.8, 4) is 18.1 Å². The standard InChI is InChI=1S/C17H16O/c1-3-16(13-15-7-5-4-6-8-15)18-17-11-9-14(2)10-12-17/h1,4-12,16H,13H2,2H3. The number of terminal acetylenes is 1. The molecule has 1 nitrogen and oxygen atoms in total. The zero-order valence-corrected chi connectivity index (χ0v) is 10.5. The van der Waals surface area contributed by atoms with E-state index in [9.17, 15) is 0 Å². The highest BCUT2D eigenvalue weighted by Crippen LogP contribution is 2.15. The fourth-order valence-corrected chi connectivity index (χ4v) is 1.74. The van der Waals surface area contributed by atoms with Crippen molar-refractivity contribution in [2.45, 2.75) is 19.4 Å². The van der Waals surface area contributed by atoms with Crippen molar-refractivity contribution in [2.75, 3.05) is 0 Å². The quantitative estimate of drug-likeness (QED) is 0.737. The Balaban J connectivity index is 2.02. The molecule has 0 aliphatic rings. The topological polar surface area (TPSA) is 9.23 Å². The minimum Gasteiger partial charge on any atom is -0.477 e. The maximum absolute atomic E-state index is 5.79. The molecule has 1 atom stereocenters. The molecule has 0 bridgehead atoms. The van der Waals surface area contributed by atoms with Gasteiger partial charge in [0.25, 0.3) is 0 Å². The highest BCUT2D eigenvalue weighted by molar-refractivity contribution is 5.28. The van der Waals surface area contributed by atoms with Crippen molar-refractivity contribution >= 4 is 0 Å². The summed E-state index contributed by atoms with van der Waals surface area (Å²) in [5.74, 6) is 3.51. The van der Waals surface area contributed by atoms with Crippen molar-refractivity contribution in [1.82, 2.24) is 0 Å². The molecule has 0 heterocycles. The molecule has 1 unspecified atom stereocenters. The third-order valence-electron chi connectivity index (χ3n) is 2.75. The van der Waals surface area contributed by atoms with Crippen LogP contribution in [0.3, 0.4) is 0 Å². The average molecular weight is 236 g/mol. The third-order valence-corrected chi connectivity index (χ3v) is 2.75. The van der Waals surface area contributed by atoms with Crippen LogP contribution in [0.25, 0.3) is 0 Å². The van der Waals surface area contributed by atoms with Gasteiger partial charge in [0.05, 0.1) is 0 Å². The van der Waals surface area contributed by atoms with Crippen molar-refractivity contribution in [3.05, 3.63) is 65.7 Å². The second kappa shape index (κ2) is 5.93. The number of benzene rings is 2. The molecule has 18 heavy (non-hydrogen) atoms. The molecule has 1 heteroatoms. The minimum absolute atomic E-state index is 0.227. The van der Waals surface area contributed by atoms with Crippen LogP contribution < -0.4 is 4.74 Å². The summed E-state index contributed by atoms with van der Waals surface area (Å²) >= 11 is 0. The van der Waals surface area contributed by atoms with Gasteiger partial charge in [0.2, 0.25) is 0 Å². The van der Waals surface area contributed by atoms with Gasteiger partial charge in [-0.3, -0.25) is 0 Å². The number of rotatable bonds is 4. The van der Waals surface area contributed by atoms with Gasteiger partial charge in [0.1, 0.15) is 5.75 Å². The van der Waals surface area contributed by atoms with Gasteiger partial charge in [-0.05, 0) is 24.6 Å². The lowest BCUT2D eigenvalue weighted by Crippen LogP contribution is -2.17. The van der Waals surface area contributed by atoms with Crippen LogP contribution in [0.2, 0.25) is 0 Å². The van der Waals surface area contributed by atoms with E-state index in [1.807, 2.05) is 49.4 Å². The smallest absolute Gasteiger partial charge is 0.162 e. The summed E-state index contributed by atoms with van der Waals surface area (Å²) < 4.78 is 5.79. The van der Waals surface area contributed by atoms with Crippen LogP contribution in [0.15, 0.2) is 54.6 Å². The zero-order valence-electron chi connectivity index (χ0n) is 10.5. The summed E-state index contributed by atoms with van der Waals surface area (Å²) in [6, 6.07) is 18.1. The van der Waals surface area contributed by atoms with Crippen molar-refractivity contribution in [3.63, 3.8) is 0 Å².